The Kier molecular flexibility index (Phi) is 1.92. The number of Topliss-reactive ketones (excluding diaryl/α,β-unsaturated/α-hetero) is 1. The Labute approximate surface area is 65.7 Å². The molecule has 2 atom stereocenters. The second-order valence-electron chi connectivity index (χ2n) is 3.14. The molecule has 0 spiro atoms. The third-order valence-electron chi connectivity index (χ3n) is 2.27. The van der Waals surface area contributed by atoms with Gasteiger partial charge in [-0.3, -0.25) is 4.79 Å². The van der Waals surface area contributed by atoms with Gasteiger partial charge < -0.3 is 9.47 Å². The Morgan fingerprint density at radius 2 is 2.18 bits per heavy atom. The van der Waals surface area contributed by atoms with Crippen LogP contribution in [0.3, 0.4) is 0 Å². The first kappa shape index (κ1) is 7.25. The molecule has 2 aliphatic heterocycles. The van der Waals surface area contributed by atoms with Crippen LogP contribution in [0.15, 0.2) is 0 Å². The molecule has 2 saturated heterocycles. The Morgan fingerprint density at radius 1 is 1.27 bits per heavy atom. The highest BCUT2D eigenvalue weighted by Gasteiger charge is 2.32. The van der Waals surface area contributed by atoms with Crippen molar-refractivity contribution in [1.82, 2.24) is 0 Å². The molecule has 0 bridgehead atoms. The highest BCUT2D eigenvalue weighted by Crippen LogP contribution is 2.23. The van der Waals surface area contributed by atoms with E-state index in [-0.39, 0.29) is 18.0 Å². The first-order chi connectivity index (χ1) is 5.36. The minimum atomic E-state index is 0.0602. The third kappa shape index (κ3) is 1.44. The number of ketones is 1. The predicted molar refractivity (Wildman–Crippen MR) is 38.3 cm³/mol. The number of hydrogen-bond donors (Lipinski definition) is 0. The fourth-order valence-corrected chi connectivity index (χ4v) is 1.68. The van der Waals surface area contributed by atoms with E-state index in [4.69, 9.17) is 9.47 Å². The quantitative estimate of drug-likeness (QED) is 0.513. The van der Waals surface area contributed by atoms with Crippen molar-refractivity contribution >= 4 is 5.78 Å². The molecule has 0 amide bonds. The van der Waals surface area contributed by atoms with Crippen molar-refractivity contribution in [3.63, 3.8) is 0 Å². The van der Waals surface area contributed by atoms with Crippen molar-refractivity contribution < 1.29 is 14.3 Å². The molecule has 2 aliphatic rings. The van der Waals surface area contributed by atoms with Crippen LogP contribution in [0, 0.1) is 0 Å². The molecular formula is C8H12O3. The molecule has 2 fully saturated rings. The summed E-state index contributed by atoms with van der Waals surface area (Å²) in [5.74, 6) is 0.174. The van der Waals surface area contributed by atoms with Gasteiger partial charge in [-0.1, -0.05) is 0 Å². The lowest BCUT2D eigenvalue weighted by Gasteiger charge is -2.34. The minimum absolute atomic E-state index is 0.0602. The molecular weight excluding hydrogens is 144 g/mol. The molecule has 3 nitrogen and oxygen atoms in total. The Hall–Kier alpha value is -0.410. The maximum Gasteiger partial charge on any atom is 0.161 e. The normalized spacial score (nSPS) is 38.4. The zero-order valence-corrected chi connectivity index (χ0v) is 6.41. The Balaban J connectivity index is 1.98. The van der Waals surface area contributed by atoms with E-state index in [1.54, 1.807) is 0 Å². The molecule has 3 heteroatoms. The Morgan fingerprint density at radius 3 is 3.09 bits per heavy atom. The summed E-state index contributed by atoms with van der Waals surface area (Å²) in [5, 5.41) is 0. The Bertz CT molecular complexity index is 167. The monoisotopic (exact) mass is 156 g/mol. The van der Waals surface area contributed by atoms with Crippen molar-refractivity contribution in [3.8, 4) is 0 Å². The highest BCUT2D eigenvalue weighted by atomic mass is 16.5. The van der Waals surface area contributed by atoms with Crippen LogP contribution in [-0.4, -0.2) is 31.2 Å². The summed E-state index contributed by atoms with van der Waals surface area (Å²) >= 11 is 0. The van der Waals surface area contributed by atoms with Gasteiger partial charge >= 0.3 is 0 Å². The predicted octanol–water partition coefficient (Wildman–Crippen LogP) is 0.523. The van der Waals surface area contributed by atoms with Gasteiger partial charge in [0.1, 0.15) is 6.61 Å². The van der Waals surface area contributed by atoms with E-state index >= 15 is 0 Å². The molecule has 0 aliphatic carbocycles. The first-order valence-corrected chi connectivity index (χ1v) is 4.11. The molecule has 2 heterocycles. The molecule has 2 rings (SSSR count). The van der Waals surface area contributed by atoms with Crippen LogP contribution in [0.5, 0.6) is 0 Å². The van der Waals surface area contributed by atoms with Gasteiger partial charge in [-0.05, 0) is 12.8 Å². The summed E-state index contributed by atoms with van der Waals surface area (Å²) in [6, 6.07) is 0. The zero-order chi connectivity index (χ0) is 7.68. The van der Waals surface area contributed by atoms with E-state index in [1.807, 2.05) is 0 Å². The number of fused-ring (bicyclic) bond motifs is 1. The van der Waals surface area contributed by atoms with Crippen molar-refractivity contribution in [3.05, 3.63) is 0 Å². The number of carbonyl (C=O) groups excluding carboxylic acids is 1. The van der Waals surface area contributed by atoms with Crippen LogP contribution >= 0.6 is 0 Å². The van der Waals surface area contributed by atoms with Crippen molar-refractivity contribution in [1.29, 1.82) is 0 Å². The van der Waals surface area contributed by atoms with Gasteiger partial charge in [0.2, 0.25) is 0 Å². The number of ether oxygens (including phenoxy) is 2. The van der Waals surface area contributed by atoms with E-state index in [9.17, 15) is 4.79 Å². The lowest BCUT2D eigenvalue weighted by Crippen LogP contribution is -2.43. The van der Waals surface area contributed by atoms with Gasteiger partial charge in [-0.2, -0.15) is 0 Å². The van der Waals surface area contributed by atoms with Crippen LogP contribution < -0.4 is 0 Å². The van der Waals surface area contributed by atoms with Gasteiger partial charge in [0.05, 0.1) is 12.2 Å². The van der Waals surface area contributed by atoms with E-state index in [2.05, 4.69) is 0 Å². The van der Waals surface area contributed by atoms with Crippen LogP contribution in [0.2, 0.25) is 0 Å². The zero-order valence-electron chi connectivity index (χ0n) is 6.41. The maximum absolute atomic E-state index is 10.9. The van der Waals surface area contributed by atoms with Crippen LogP contribution in [-0.2, 0) is 14.3 Å². The van der Waals surface area contributed by atoms with Crippen LogP contribution in [0.1, 0.15) is 19.3 Å². The largest absolute Gasteiger partial charge is 0.375 e. The van der Waals surface area contributed by atoms with E-state index < -0.39 is 0 Å². The standard InChI is InChI=1S/C8H12O3/c9-6-4-8-7(11-5-6)2-1-3-10-8/h7-8H,1-5H2/t7-,8-/m0/s1. The van der Waals surface area contributed by atoms with Crippen LogP contribution in [0.4, 0.5) is 0 Å². The minimum Gasteiger partial charge on any atom is -0.375 e. The van der Waals surface area contributed by atoms with Crippen LogP contribution in [0.25, 0.3) is 0 Å². The molecule has 0 saturated carbocycles. The summed E-state index contributed by atoms with van der Waals surface area (Å²) in [7, 11) is 0. The van der Waals surface area contributed by atoms with Gasteiger partial charge in [-0.25, -0.2) is 0 Å². The molecule has 11 heavy (non-hydrogen) atoms. The summed E-state index contributed by atoms with van der Waals surface area (Å²) in [4.78, 5) is 10.9. The average Bonchev–Trinajstić information content (AvgIpc) is 2.04. The van der Waals surface area contributed by atoms with E-state index in [1.165, 1.54) is 0 Å². The van der Waals surface area contributed by atoms with Gasteiger partial charge in [0.25, 0.3) is 0 Å². The number of hydrogen-bond acceptors (Lipinski definition) is 3. The average molecular weight is 156 g/mol. The van der Waals surface area contributed by atoms with Gasteiger partial charge in [0, 0.05) is 13.0 Å². The van der Waals surface area contributed by atoms with Gasteiger partial charge in [0.15, 0.2) is 5.78 Å². The number of carbonyl (C=O) groups is 1. The summed E-state index contributed by atoms with van der Waals surface area (Å²) in [6.07, 6.45) is 2.93. The molecule has 0 radical (unpaired) electrons. The molecule has 0 aromatic rings. The third-order valence-corrected chi connectivity index (χ3v) is 2.27. The lowest BCUT2D eigenvalue weighted by atomic mass is 9.98. The SMILES string of the molecule is O=C1CO[C@H]2CCCO[C@H]2C1. The fraction of sp³-hybridized carbons (Fsp3) is 0.875. The second-order valence-corrected chi connectivity index (χ2v) is 3.14. The van der Waals surface area contributed by atoms with Crippen molar-refractivity contribution in [2.75, 3.05) is 13.2 Å². The molecule has 62 valence electrons. The fourth-order valence-electron chi connectivity index (χ4n) is 1.68. The lowest BCUT2D eigenvalue weighted by molar-refractivity contribution is -0.158. The second kappa shape index (κ2) is 2.91. The topological polar surface area (TPSA) is 35.5 Å². The molecule has 0 aromatic heterocycles. The number of rotatable bonds is 0. The summed E-state index contributed by atoms with van der Waals surface area (Å²) < 4.78 is 10.7. The summed E-state index contributed by atoms with van der Waals surface area (Å²) in [5.41, 5.74) is 0. The van der Waals surface area contributed by atoms with E-state index in [0.29, 0.717) is 13.0 Å². The van der Waals surface area contributed by atoms with Gasteiger partial charge in [-0.15, -0.1) is 0 Å². The van der Waals surface area contributed by atoms with E-state index in [0.717, 1.165) is 19.4 Å². The maximum atomic E-state index is 10.9. The molecule has 0 unspecified atom stereocenters. The molecule has 0 N–H and O–H groups in total. The van der Waals surface area contributed by atoms with Crippen molar-refractivity contribution in [2.24, 2.45) is 0 Å². The molecule has 0 aromatic carbocycles. The smallest absolute Gasteiger partial charge is 0.161 e. The highest BCUT2D eigenvalue weighted by molar-refractivity contribution is 5.80. The van der Waals surface area contributed by atoms with Crippen molar-refractivity contribution in [2.45, 2.75) is 31.5 Å². The first-order valence-electron chi connectivity index (χ1n) is 4.11. The summed E-state index contributed by atoms with van der Waals surface area (Å²) in [6.45, 7) is 1.09.